The van der Waals surface area contributed by atoms with Crippen LogP contribution in [-0.2, 0) is 14.3 Å². The maximum atomic E-state index is 11.8. The summed E-state index contributed by atoms with van der Waals surface area (Å²) in [6.45, 7) is 6.82. The largest absolute Gasteiger partial charge is 0.378 e. The third-order valence-corrected chi connectivity index (χ3v) is 4.20. The van der Waals surface area contributed by atoms with E-state index in [1.807, 2.05) is 0 Å². The molecule has 2 aliphatic heterocycles. The first-order chi connectivity index (χ1) is 9.16. The molecule has 0 spiro atoms. The fraction of sp³-hybridized carbons (Fsp3) is 0.933. The lowest BCUT2D eigenvalue weighted by atomic mass is 9.93. The molecule has 0 saturated carbocycles. The highest BCUT2D eigenvalue weighted by atomic mass is 16.5. The van der Waals surface area contributed by atoms with Crippen LogP contribution in [0.3, 0.4) is 0 Å². The molecule has 2 rings (SSSR count). The third kappa shape index (κ3) is 4.46. The maximum Gasteiger partial charge on any atom is 0.220 e. The van der Waals surface area contributed by atoms with E-state index in [1.54, 1.807) is 0 Å². The van der Waals surface area contributed by atoms with Gasteiger partial charge in [0.05, 0.1) is 12.2 Å². The van der Waals surface area contributed by atoms with Gasteiger partial charge in [-0.3, -0.25) is 4.79 Å². The zero-order valence-corrected chi connectivity index (χ0v) is 12.2. The number of nitrogens with one attached hydrogen (secondary N) is 1. The number of ether oxygens (including phenoxy) is 2. The van der Waals surface area contributed by atoms with Gasteiger partial charge in [-0.15, -0.1) is 0 Å². The lowest BCUT2D eigenvalue weighted by molar-refractivity contribution is -0.122. The molecule has 0 aliphatic carbocycles. The Morgan fingerprint density at radius 3 is 2.79 bits per heavy atom. The molecule has 2 saturated heterocycles. The molecule has 0 aromatic carbocycles. The molecule has 4 nitrogen and oxygen atoms in total. The second-order valence-corrected chi connectivity index (χ2v) is 6.11. The SMILES string of the molecule is CC(C)[C@@H]1OCC[C@@H]1CNC(=O)CC[C@H]1CCCO1. The molecular weight excluding hydrogens is 242 g/mol. The Labute approximate surface area is 116 Å². The lowest BCUT2D eigenvalue weighted by Crippen LogP contribution is -2.35. The number of carbonyl (C=O) groups excluding carboxylic acids is 1. The number of hydrogen-bond acceptors (Lipinski definition) is 3. The fourth-order valence-corrected chi connectivity index (χ4v) is 3.11. The molecule has 0 radical (unpaired) electrons. The molecule has 110 valence electrons. The van der Waals surface area contributed by atoms with Crippen molar-refractivity contribution in [3.8, 4) is 0 Å². The molecule has 4 heteroatoms. The van der Waals surface area contributed by atoms with Crippen LogP contribution >= 0.6 is 0 Å². The number of amides is 1. The van der Waals surface area contributed by atoms with Crippen molar-refractivity contribution >= 4 is 5.91 Å². The highest BCUT2D eigenvalue weighted by Crippen LogP contribution is 2.26. The highest BCUT2D eigenvalue weighted by molar-refractivity contribution is 5.75. The van der Waals surface area contributed by atoms with Gasteiger partial charge in [0.2, 0.25) is 5.91 Å². The molecule has 1 N–H and O–H groups in total. The summed E-state index contributed by atoms with van der Waals surface area (Å²) in [4.78, 5) is 11.8. The first-order valence-corrected chi connectivity index (χ1v) is 7.66. The summed E-state index contributed by atoms with van der Waals surface area (Å²) >= 11 is 0. The van der Waals surface area contributed by atoms with Crippen molar-refractivity contribution in [1.29, 1.82) is 0 Å². The van der Waals surface area contributed by atoms with Crippen molar-refractivity contribution in [3.63, 3.8) is 0 Å². The van der Waals surface area contributed by atoms with Crippen LogP contribution in [0, 0.1) is 11.8 Å². The van der Waals surface area contributed by atoms with E-state index < -0.39 is 0 Å². The molecule has 2 aliphatic rings. The first-order valence-electron chi connectivity index (χ1n) is 7.66. The standard InChI is InChI=1S/C15H27NO3/c1-11(2)15-12(7-9-19-15)10-16-14(17)6-5-13-4-3-8-18-13/h11-13,15H,3-10H2,1-2H3,(H,16,17)/t12-,13-,15+/m1/s1. The summed E-state index contributed by atoms with van der Waals surface area (Å²) in [6, 6.07) is 0. The molecule has 3 atom stereocenters. The zero-order chi connectivity index (χ0) is 13.7. The minimum atomic E-state index is 0.157. The van der Waals surface area contributed by atoms with Gasteiger partial charge in [0.15, 0.2) is 0 Å². The van der Waals surface area contributed by atoms with Gasteiger partial charge in [-0.2, -0.15) is 0 Å². The molecule has 0 aromatic rings. The van der Waals surface area contributed by atoms with Crippen LogP contribution in [0.15, 0.2) is 0 Å². The Hall–Kier alpha value is -0.610. The Bertz CT molecular complexity index is 287. The summed E-state index contributed by atoms with van der Waals surface area (Å²) in [5.74, 6) is 1.16. The maximum absolute atomic E-state index is 11.8. The van der Waals surface area contributed by atoms with Gasteiger partial charge in [-0.05, 0) is 31.6 Å². The van der Waals surface area contributed by atoms with E-state index >= 15 is 0 Å². The van der Waals surface area contributed by atoms with Crippen LogP contribution in [0.2, 0.25) is 0 Å². The van der Waals surface area contributed by atoms with E-state index in [0.29, 0.717) is 30.5 Å². The lowest BCUT2D eigenvalue weighted by Gasteiger charge is -2.22. The second-order valence-electron chi connectivity index (χ2n) is 6.11. The van der Waals surface area contributed by atoms with Crippen molar-refractivity contribution in [2.45, 2.75) is 58.2 Å². The van der Waals surface area contributed by atoms with E-state index in [4.69, 9.17) is 9.47 Å². The highest BCUT2D eigenvalue weighted by Gasteiger charge is 2.30. The summed E-state index contributed by atoms with van der Waals surface area (Å²) in [5, 5.41) is 3.06. The Kier molecular flexibility index (Phi) is 5.64. The monoisotopic (exact) mass is 269 g/mol. The van der Waals surface area contributed by atoms with Gasteiger partial charge >= 0.3 is 0 Å². The van der Waals surface area contributed by atoms with E-state index in [0.717, 1.165) is 45.4 Å². The summed E-state index contributed by atoms with van der Waals surface area (Å²) < 4.78 is 11.3. The summed E-state index contributed by atoms with van der Waals surface area (Å²) in [5.41, 5.74) is 0. The van der Waals surface area contributed by atoms with Crippen LogP contribution in [-0.4, -0.2) is 37.9 Å². The van der Waals surface area contributed by atoms with E-state index in [-0.39, 0.29) is 5.91 Å². The zero-order valence-electron chi connectivity index (χ0n) is 12.2. The molecule has 0 unspecified atom stereocenters. The topological polar surface area (TPSA) is 47.6 Å². The van der Waals surface area contributed by atoms with Crippen LogP contribution < -0.4 is 5.32 Å². The van der Waals surface area contributed by atoms with Gasteiger partial charge in [-0.25, -0.2) is 0 Å². The van der Waals surface area contributed by atoms with E-state index in [2.05, 4.69) is 19.2 Å². The molecule has 0 aromatic heterocycles. The van der Waals surface area contributed by atoms with Crippen LogP contribution in [0.25, 0.3) is 0 Å². The number of carbonyl (C=O) groups is 1. The molecule has 19 heavy (non-hydrogen) atoms. The van der Waals surface area contributed by atoms with Crippen molar-refractivity contribution in [2.75, 3.05) is 19.8 Å². The van der Waals surface area contributed by atoms with Crippen molar-refractivity contribution in [1.82, 2.24) is 5.32 Å². The number of hydrogen-bond donors (Lipinski definition) is 1. The van der Waals surface area contributed by atoms with Crippen molar-refractivity contribution in [2.24, 2.45) is 11.8 Å². The summed E-state index contributed by atoms with van der Waals surface area (Å²) in [7, 11) is 0. The van der Waals surface area contributed by atoms with Gasteiger partial charge in [0.25, 0.3) is 0 Å². The minimum absolute atomic E-state index is 0.157. The summed E-state index contributed by atoms with van der Waals surface area (Å²) in [6.07, 6.45) is 5.38. The van der Waals surface area contributed by atoms with Gasteiger partial charge < -0.3 is 14.8 Å². The predicted molar refractivity (Wildman–Crippen MR) is 73.9 cm³/mol. The Morgan fingerprint density at radius 1 is 1.26 bits per heavy atom. The third-order valence-electron chi connectivity index (χ3n) is 4.20. The van der Waals surface area contributed by atoms with E-state index in [9.17, 15) is 4.79 Å². The van der Waals surface area contributed by atoms with E-state index in [1.165, 1.54) is 0 Å². The fourth-order valence-electron chi connectivity index (χ4n) is 3.11. The van der Waals surface area contributed by atoms with Crippen LogP contribution in [0.5, 0.6) is 0 Å². The average molecular weight is 269 g/mol. The number of rotatable bonds is 6. The quantitative estimate of drug-likeness (QED) is 0.803. The minimum Gasteiger partial charge on any atom is -0.378 e. The van der Waals surface area contributed by atoms with Gasteiger partial charge in [-0.1, -0.05) is 13.8 Å². The Morgan fingerprint density at radius 2 is 2.11 bits per heavy atom. The van der Waals surface area contributed by atoms with Crippen LogP contribution in [0.1, 0.15) is 46.0 Å². The van der Waals surface area contributed by atoms with Crippen molar-refractivity contribution in [3.05, 3.63) is 0 Å². The average Bonchev–Trinajstić information content (AvgIpc) is 3.04. The van der Waals surface area contributed by atoms with Gasteiger partial charge in [0, 0.05) is 32.1 Å². The van der Waals surface area contributed by atoms with Crippen molar-refractivity contribution < 1.29 is 14.3 Å². The predicted octanol–water partition coefficient (Wildman–Crippen LogP) is 2.12. The molecule has 2 heterocycles. The smallest absolute Gasteiger partial charge is 0.220 e. The Balaban J connectivity index is 1.62. The molecule has 0 bridgehead atoms. The van der Waals surface area contributed by atoms with Crippen LogP contribution in [0.4, 0.5) is 0 Å². The molecule has 2 fully saturated rings. The molecular formula is C15H27NO3. The van der Waals surface area contributed by atoms with Gasteiger partial charge in [0.1, 0.15) is 0 Å². The molecule has 1 amide bonds. The second kappa shape index (κ2) is 7.25. The first kappa shape index (κ1) is 14.8. The normalized spacial score (nSPS) is 31.0.